The lowest BCUT2D eigenvalue weighted by Gasteiger charge is -2.33. The van der Waals surface area contributed by atoms with Crippen LogP contribution >= 0.6 is 15.9 Å². The van der Waals surface area contributed by atoms with Gasteiger partial charge in [-0.2, -0.15) is 0 Å². The Bertz CT molecular complexity index is 692. The van der Waals surface area contributed by atoms with Crippen LogP contribution in [0.2, 0.25) is 0 Å². The Kier molecular flexibility index (Phi) is 7.35. The molecule has 1 N–H and O–H groups in total. The number of likely N-dealkylation sites (tertiary alicyclic amines) is 1. The smallest absolute Gasteiger partial charge is 0.137 e. The van der Waals surface area contributed by atoms with E-state index in [4.69, 9.17) is 9.47 Å². The van der Waals surface area contributed by atoms with Crippen LogP contribution in [0, 0.1) is 0 Å². The second-order valence-electron chi connectivity index (χ2n) is 6.71. The molecule has 0 unspecified atom stereocenters. The standard InChI is InChI=1S/C21H28BrN3O2/c1-3-26-19-12-16(13-20(21(19)22)27-4-2)15-25-10-7-17(8-11-25)24-18-6-5-9-23-14-18/h5-6,9,12-14,17,24H,3-4,7-8,10-11,15H2,1-2H3. The number of hydrogen-bond acceptors (Lipinski definition) is 5. The molecule has 1 fully saturated rings. The van der Waals surface area contributed by atoms with Gasteiger partial charge in [0.05, 0.1) is 18.9 Å². The highest BCUT2D eigenvalue weighted by atomic mass is 79.9. The molecule has 146 valence electrons. The van der Waals surface area contributed by atoms with E-state index in [0.717, 1.165) is 54.1 Å². The average Bonchev–Trinajstić information content (AvgIpc) is 2.68. The Morgan fingerprint density at radius 3 is 2.37 bits per heavy atom. The molecule has 0 spiro atoms. The molecule has 2 heterocycles. The van der Waals surface area contributed by atoms with E-state index >= 15 is 0 Å². The van der Waals surface area contributed by atoms with Gasteiger partial charge in [-0.25, -0.2) is 0 Å². The minimum absolute atomic E-state index is 0.508. The summed E-state index contributed by atoms with van der Waals surface area (Å²) in [7, 11) is 0. The maximum Gasteiger partial charge on any atom is 0.137 e. The van der Waals surface area contributed by atoms with Crippen molar-refractivity contribution in [2.45, 2.75) is 39.3 Å². The van der Waals surface area contributed by atoms with Crippen molar-refractivity contribution in [3.8, 4) is 11.5 Å². The highest BCUT2D eigenvalue weighted by Crippen LogP contribution is 2.36. The van der Waals surface area contributed by atoms with Crippen LogP contribution in [0.1, 0.15) is 32.3 Å². The van der Waals surface area contributed by atoms with Gasteiger partial charge in [-0.15, -0.1) is 0 Å². The van der Waals surface area contributed by atoms with E-state index in [0.29, 0.717) is 19.3 Å². The van der Waals surface area contributed by atoms with Gasteiger partial charge >= 0.3 is 0 Å². The van der Waals surface area contributed by atoms with Crippen LogP contribution in [0.5, 0.6) is 11.5 Å². The highest BCUT2D eigenvalue weighted by molar-refractivity contribution is 9.10. The molecule has 3 rings (SSSR count). The first-order valence-corrected chi connectivity index (χ1v) is 10.5. The number of aromatic nitrogens is 1. The Balaban J connectivity index is 1.59. The van der Waals surface area contributed by atoms with E-state index in [1.807, 2.05) is 26.1 Å². The Hall–Kier alpha value is -1.79. The summed E-state index contributed by atoms with van der Waals surface area (Å²) in [6.07, 6.45) is 5.95. The summed E-state index contributed by atoms with van der Waals surface area (Å²) in [6, 6.07) is 8.79. The zero-order chi connectivity index (χ0) is 19.1. The quantitative estimate of drug-likeness (QED) is 0.652. The molecule has 0 bridgehead atoms. The first kappa shape index (κ1) is 20.0. The first-order valence-electron chi connectivity index (χ1n) is 9.66. The highest BCUT2D eigenvalue weighted by Gasteiger charge is 2.20. The number of ether oxygens (including phenoxy) is 2. The number of rotatable bonds is 8. The van der Waals surface area contributed by atoms with Crippen LogP contribution in [0.3, 0.4) is 0 Å². The third-order valence-corrected chi connectivity index (χ3v) is 5.47. The maximum absolute atomic E-state index is 5.78. The van der Waals surface area contributed by atoms with Crippen LogP contribution in [0.4, 0.5) is 5.69 Å². The Morgan fingerprint density at radius 2 is 1.81 bits per heavy atom. The molecule has 1 aliphatic heterocycles. The van der Waals surface area contributed by atoms with Gasteiger partial charge in [0.25, 0.3) is 0 Å². The van der Waals surface area contributed by atoms with Gasteiger partial charge in [-0.1, -0.05) is 0 Å². The van der Waals surface area contributed by atoms with E-state index in [9.17, 15) is 0 Å². The monoisotopic (exact) mass is 433 g/mol. The van der Waals surface area contributed by atoms with Crippen molar-refractivity contribution in [3.63, 3.8) is 0 Å². The van der Waals surface area contributed by atoms with Crippen molar-refractivity contribution in [3.05, 3.63) is 46.7 Å². The number of anilines is 1. The first-order chi connectivity index (χ1) is 13.2. The van der Waals surface area contributed by atoms with Crippen molar-refractivity contribution < 1.29 is 9.47 Å². The minimum Gasteiger partial charge on any atom is -0.493 e. The summed E-state index contributed by atoms with van der Waals surface area (Å²) >= 11 is 3.61. The largest absolute Gasteiger partial charge is 0.493 e. The molecular formula is C21H28BrN3O2. The molecule has 0 atom stereocenters. The molecule has 27 heavy (non-hydrogen) atoms. The fourth-order valence-electron chi connectivity index (χ4n) is 3.42. The number of piperidine rings is 1. The molecule has 1 saturated heterocycles. The molecular weight excluding hydrogens is 406 g/mol. The predicted octanol–water partition coefficient (Wildman–Crippen LogP) is 4.72. The van der Waals surface area contributed by atoms with Crippen molar-refractivity contribution in [1.29, 1.82) is 0 Å². The second kappa shape index (κ2) is 9.95. The Morgan fingerprint density at radius 1 is 1.15 bits per heavy atom. The topological polar surface area (TPSA) is 46.6 Å². The van der Waals surface area contributed by atoms with E-state index in [-0.39, 0.29) is 0 Å². The minimum atomic E-state index is 0.508. The molecule has 1 aromatic carbocycles. The molecule has 1 aliphatic rings. The summed E-state index contributed by atoms with van der Waals surface area (Å²) < 4.78 is 12.4. The van der Waals surface area contributed by atoms with Gasteiger partial charge in [-0.3, -0.25) is 9.88 Å². The fourth-order valence-corrected chi connectivity index (χ4v) is 3.87. The van der Waals surface area contributed by atoms with E-state index < -0.39 is 0 Å². The molecule has 6 heteroatoms. The van der Waals surface area contributed by atoms with E-state index in [2.05, 4.69) is 49.3 Å². The molecule has 0 amide bonds. The third-order valence-electron chi connectivity index (χ3n) is 4.69. The van der Waals surface area contributed by atoms with E-state index in [1.54, 1.807) is 6.20 Å². The van der Waals surface area contributed by atoms with Gasteiger partial charge in [0, 0.05) is 38.1 Å². The molecule has 2 aromatic rings. The molecule has 0 aliphatic carbocycles. The lowest BCUT2D eigenvalue weighted by atomic mass is 10.0. The van der Waals surface area contributed by atoms with Crippen LogP contribution in [-0.2, 0) is 6.54 Å². The number of benzene rings is 1. The average molecular weight is 434 g/mol. The van der Waals surface area contributed by atoms with Crippen molar-refractivity contribution in [2.24, 2.45) is 0 Å². The summed E-state index contributed by atoms with van der Waals surface area (Å²) in [5.74, 6) is 1.71. The summed E-state index contributed by atoms with van der Waals surface area (Å²) in [6.45, 7) is 8.33. The number of pyridine rings is 1. The SMILES string of the molecule is CCOc1cc(CN2CCC(Nc3cccnc3)CC2)cc(OCC)c1Br. The van der Waals surface area contributed by atoms with Crippen molar-refractivity contribution in [1.82, 2.24) is 9.88 Å². The fraction of sp³-hybridized carbons (Fsp3) is 0.476. The maximum atomic E-state index is 5.78. The summed E-state index contributed by atoms with van der Waals surface area (Å²) in [4.78, 5) is 6.67. The number of hydrogen-bond donors (Lipinski definition) is 1. The number of nitrogens with one attached hydrogen (secondary N) is 1. The van der Waals surface area contributed by atoms with Gasteiger partial charge in [0.2, 0.25) is 0 Å². The molecule has 5 nitrogen and oxygen atoms in total. The predicted molar refractivity (Wildman–Crippen MR) is 113 cm³/mol. The van der Waals surface area contributed by atoms with Crippen LogP contribution < -0.4 is 14.8 Å². The normalized spacial score (nSPS) is 15.5. The van der Waals surface area contributed by atoms with Crippen LogP contribution in [-0.4, -0.2) is 42.2 Å². The van der Waals surface area contributed by atoms with E-state index in [1.165, 1.54) is 5.56 Å². The summed E-state index contributed by atoms with van der Waals surface area (Å²) in [5.41, 5.74) is 2.33. The lowest BCUT2D eigenvalue weighted by Crippen LogP contribution is -2.38. The number of nitrogens with zero attached hydrogens (tertiary/aromatic N) is 2. The lowest BCUT2D eigenvalue weighted by molar-refractivity contribution is 0.210. The zero-order valence-electron chi connectivity index (χ0n) is 16.1. The van der Waals surface area contributed by atoms with Crippen LogP contribution in [0.25, 0.3) is 0 Å². The van der Waals surface area contributed by atoms with Gasteiger partial charge < -0.3 is 14.8 Å². The summed E-state index contributed by atoms with van der Waals surface area (Å²) in [5, 5.41) is 3.59. The second-order valence-corrected chi connectivity index (χ2v) is 7.50. The molecule has 1 aromatic heterocycles. The van der Waals surface area contributed by atoms with Gasteiger partial charge in [0.1, 0.15) is 16.0 Å². The molecule has 0 saturated carbocycles. The third kappa shape index (κ3) is 5.59. The zero-order valence-corrected chi connectivity index (χ0v) is 17.7. The van der Waals surface area contributed by atoms with Gasteiger partial charge in [0.15, 0.2) is 0 Å². The van der Waals surface area contributed by atoms with Gasteiger partial charge in [-0.05, 0) is 72.4 Å². The van der Waals surface area contributed by atoms with Crippen molar-refractivity contribution in [2.75, 3.05) is 31.6 Å². The van der Waals surface area contributed by atoms with Crippen LogP contribution in [0.15, 0.2) is 41.1 Å². The molecule has 0 radical (unpaired) electrons. The van der Waals surface area contributed by atoms with Crippen molar-refractivity contribution >= 4 is 21.6 Å². The Labute approximate surface area is 170 Å². The number of halogens is 1.